The van der Waals surface area contributed by atoms with Gasteiger partial charge in [0.1, 0.15) is 11.4 Å². The van der Waals surface area contributed by atoms with Gasteiger partial charge in [0.2, 0.25) is 5.76 Å². The summed E-state index contributed by atoms with van der Waals surface area (Å²) in [5, 5.41) is 0.506. The van der Waals surface area contributed by atoms with Crippen molar-refractivity contribution in [1.82, 2.24) is 4.90 Å². The maximum atomic E-state index is 13.8. The first-order valence-corrected chi connectivity index (χ1v) is 11.1. The molecule has 1 unspecified atom stereocenters. The molecule has 3 aromatic carbocycles. The number of benzene rings is 3. The number of carbonyl (C=O) groups is 1. The van der Waals surface area contributed by atoms with E-state index in [4.69, 9.17) is 4.42 Å². The van der Waals surface area contributed by atoms with Gasteiger partial charge in [0.05, 0.1) is 17.0 Å². The topological polar surface area (TPSA) is 50.5 Å². The lowest BCUT2D eigenvalue weighted by Crippen LogP contribution is -2.29. The maximum Gasteiger partial charge on any atom is 0.291 e. The van der Waals surface area contributed by atoms with Gasteiger partial charge >= 0.3 is 0 Å². The molecule has 0 fully saturated rings. The van der Waals surface area contributed by atoms with Crippen LogP contribution in [0.5, 0.6) is 0 Å². The predicted octanol–water partition coefficient (Wildman–Crippen LogP) is 5.86. The van der Waals surface area contributed by atoms with Crippen molar-refractivity contribution >= 4 is 16.9 Å². The van der Waals surface area contributed by atoms with E-state index >= 15 is 0 Å². The lowest BCUT2D eigenvalue weighted by Gasteiger charge is -2.25. The van der Waals surface area contributed by atoms with E-state index in [-0.39, 0.29) is 29.5 Å². The summed E-state index contributed by atoms with van der Waals surface area (Å²) in [7, 11) is 0. The molecule has 1 aliphatic heterocycles. The fraction of sp³-hybridized carbons (Fsp3) is 0.214. The Hall–Kier alpha value is -3.73. The molecule has 1 aromatic heterocycles. The van der Waals surface area contributed by atoms with Crippen LogP contribution >= 0.6 is 0 Å². The van der Waals surface area contributed by atoms with E-state index in [9.17, 15) is 14.0 Å². The molecular weight excluding hydrogens is 417 g/mol. The van der Waals surface area contributed by atoms with Gasteiger partial charge < -0.3 is 9.32 Å². The molecule has 4 aromatic rings. The minimum atomic E-state index is -0.579. The summed E-state index contributed by atoms with van der Waals surface area (Å²) in [5.41, 5.74) is 5.19. The predicted molar refractivity (Wildman–Crippen MR) is 126 cm³/mol. The summed E-state index contributed by atoms with van der Waals surface area (Å²) < 4.78 is 19.5. The Morgan fingerprint density at radius 2 is 1.61 bits per heavy atom. The molecule has 0 saturated heterocycles. The largest absolute Gasteiger partial charge is 0.450 e. The normalized spacial score (nSPS) is 15.3. The van der Waals surface area contributed by atoms with Crippen LogP contribution in [0.25, 0.3) is 11.0 Å². The van der Waals surface area contributed by atoms with E-state index in [0.29, 0.717) is 16.5 Å². The van der Waals surface area contributed by atoms with Crippen LogP contribution in [0.3, 0.4) is 0 Å². The van der Waals surface area contributed by atoms with Crippen molar-refractivity contribution in [2.45, 2.75) is 39.8 Å². The highest BCUT2D eigenvalue weighted by atomic mass is 19.1. The number of aryl methyl sites for hydroxylation is 3. The smallest absolute Gasteiger partial charge is 0.291 e. The summed E-state index contributed by atoms with van der Waals surface area (Å²) in [6, 6.07) is 17.2. The van der Waals surface area contributed by atoms with Crippen molar-refractivity contribution in [3.8, 4) is 0 Å². The molecule has 4 nitrogen and oxygen atoms in total. The van der Waals surface area contributed by atoms with Crippen molar-refractivity contribution in [2.24, 2.45) is 0 Å². The molecule has 1 amide bonds. The van der Waals surface area contributed by atoms with E-state index < -0.39 is 6.04 Å². The number of carbonyl (C=O) groups excluding carboxylic acids is 1. The van der Waals surface area contributed by atoms with Gasteiger partial charge in [-0.05, 0) is 66.3 Å². The molecule has 5 heteroatoms. The zero-order valence-corrected chi connectivity index (χ0v) is 18.8. The van der Waals surface area contributed by atoms with Crippen LogP contribution in [0.15, 0.2) is 69.9 Å². The molecule has 0 spiro atoms. The summed E-state index contributed by atoms with van der Waals surface area (Å²) in [6.07, 6.45) is 0.894. The van der Waals surface area contributed by atoms with Crippen LogP contribution in [0.2, 0.25) is 0 Å². The van der Waals surface area contributed by atoms with Crippen molar-refractivity contribution in [1.29, 1.82) is 0 Å². The summed E-state index contributed by atoms with van der Waals surface area (Å²) in [4.78, 5) is 29.0. The molecule has 166 valence electrons. The lowest BCUT2D eigenvalue weighted by atomic mass is 9.95. The third-order valence-corrected chi connectivity index (χ3v) is 6.38. The Morgan fingerprint density at radius 1 is 0.939 bits per heavy atom. The fourth-order valence-electron chi connectivity index (χ4n) is 4.75. The first-order chi connectivity index (χ1) is 15.9. The molecule has 0 aliphatic carbocycles. The SMILES string of the molecule is CCc1ccc(C2c3c(oc4cc(C)cc(C)c4c3=O)C(=O)N2Cc2ccc(F)cc2)cc1. The molecule has 1 atom stereocenters. The van der Waals surface area contributed by atoms with Gasteiger partial charge in [0.15, 0.2) is 5.43 Å². The van der Waals surface area contributed by atoms with Crippen molar-refractivity contribution in [3.05, 3.63) is 116 Å². The second kappa shape index (κ2) is 8.00. The summed E-state index contributed by atoms with van der Waals surface area (Å²) in [5.74, 6) is -0.586. The fourth-order valence-corrected chi connectivity index (χ4v) is 4.75. The van der Waals surface area contributed by atoms with Gasteiger partial charge in [-0.1, -0.05) is 49.4 Å². The Balaban J connectivity index is 1.73. The van der Waals surface area contributed by atoms with Crippen LogP contribution in [0.1, 0.15) is 56.9 Å². The molecule has 0 saturated carbocycles. The first kappa shape index (κ1) is 21.1. The number of hydrogen-bond donors (Lipinski definition) is 0. The third-order valence-electron chi connectivity index (χ3n) is 6.38. The monoisotopic (exact) mass is 441 g/mol. The third kappa shape index (κ3) is 3.54. The first-order valence-electron chi connectivity index (χ1n) is 11.1. The molecule has 5 rings (SSSR count). The highest BCUT2D eigenvalue weighted by Crippen LogP contribution is 2.39. The molecule has 0 N–H and O–H groups in total. The second-order valence-corrected chi connectivity index (χ2v) is 8.69. The molecule has 0 bridgehead atoms. The van der Waals surface area contributed by atoms with Gasteiger partial charge in [-0.25, -0.2) is 4.39 Å². The van der Waals surface area contributed by atoms with E-state index in [0.717, 1.165) is 28.7 Å². The number of rotatable bonds is 4. The molecule has 2 heterocycles. The average Bonchev–Trinajstić information content (AvgIpc) is 3.07. The van der Waals surface area contributed by atoms with Crippen LogP contribution in [0, 0.1) is 19.7 Å². The van der Waals surface area contributed by atoms with E-state index in [1.165, 1.54) is 17.7 Å². The minimum absolute atomic E-state index is 0.0872. The van der Waals surface area contributed by atoms with E-state index in [2.05, 4.69) is 6.92 Å². The van der Waals surface area contributed by atoms with E-state index in [1.54, 1.807) is 23.1 Å². The van der Waals surface area contributed by atoms with Crippen LogP contribution in [0.4, 0.5) is 4.39 Å². The second-order valence-electron chi connectivity index (χ2n) is 8.69. The standard InChI is InChI=1S/C28H24FNO3/c1-4-18-5-9-20(10-6-18)25-24-26(31)23-17(3)13-16(2)14-22(23)33-27(24)28(32)30(25)15-19-7-11-21(29)12-8-19/h5-14,25H,4,15H2,1-3H3. The van der Waals surface area contributed by atoms with Crippen molar-refractivity contribution in [3.63, 3.8) is 0 Å². The highest BCUT2D eigenvalue weighted by molar-refractivity contribution is 5.99. The number of fused-ring (bicyclic) bond motifs is 2. The highest BCUT2D eigenvalue weighted by Gasteiger charge is 2.42. The Bertz CT molecular complexity index is 1440. The van der Waals surface area contributed by atoms with Crippen molar-refractivity contribution < 1.29 is 13.6 Å². The van der Waals surface area contributed by atoms with Crippen LogP contribution in [-0.2, 0) is 13.0 Å². The zero-order valence-electron chi connectivity index (χ0n) is 18.8. The van der Waals surface area contributed by atoms with Gasteiger partial charge in [-0.2, -0.15) is 0 Å². The Morgan fingerprint density at radius 3 is 2.27 bits per heavy atom. The van der Waals surface area contributed by atoms with Gasteiger partial charge in [0, 0.05) is 6.54 Å². The molecule has 1 aliphatic rings. The summed E-state index contributed by atoms with van der Waals surface area (Å²) in [6.45, 7) is 6.13. The number of halogens is 1. The van der Waals surface area contributed by atoms with Crippen molar-refractivity contribution in [2.75, 3.05) is 0 Å². The van der Waals surface area contributed by atoms with E-state index in [1.807, 2.05) is 44.2 Å². The lowest BCUT2D eigenvalue weighted by molar-refractivity contribution is 0.0714. The number of hydrogen-bond acceptors (Lipinski definition) is 3. The quantitative estimate of drug-likeness (QED) is 0.399. The van der Waals surface area contributed by atoms with Crippen LogP contribution in [-0.4, -0.2) is 10.8 Å². The number of amides is 1. The molecular formula is C28H24FNO3. The molecule has 33 heavy (non-hydrogen) atoms. The Labute approximate surface area is 191 Å². The number of nitrogens with zero attached hydrogens (tertiary/aromatic N) is 1. The molecule has 0 radical (unpaired) electrons. The average molecular weight is 442 g/mol. The summed E-state index contributed by atoms with van der Waals surface area (Å²) >= 11 is 0. The minimum Gasteiger partial charge on any atom is -0.450 e. The zero-order chi connectivity index (χ0) is 23.3. The van der Waals surface area contributed by atoms with Gasteiger partial charge in [-0.15, -0.1) is 0 Å². The maximum absolute atomic E-state index is 13.8. The van der Waals surface area contributed by atoms with Gasteiger partial charge in [0.25, 0.3) is 5.91 Å². The Kier molecular flexibility index (Phi) is 5.12. The van der Waals surface area contributed by atoms with Gasteiger partial charge in [-0.3, -0.25) is 9.59 Å². The van der Waals surface area contributed by atoms with Crippen LogP contribution < -0.4 is 5.43 Å².